The Morgan fingerprint density at radius 3 is 2.71 bits per heavy atom. The molecular weight excluding hydrogens is 282 g/mol. The highest BCUT2D eigenvalue weighted by molar-refractivity contribution is 9.10. The second-order valence-corrected chi connectivity index (χ2v) is 4.93. The summed E-state index contributed by atoms with van der Waals surface area (Å²) >= 11 is 3.21. The molecule has 4 nitrogen and oxygen atoms in total. The van der Waals surface area contributed by atoms with Crippen molar-refractivity contribution in [3.8, 4) is 0 Å². The van der Waals surface area contributed by atoms with E-state index in [0.717, 1.165) is 25.2 Å². The number of hydrogen-bond acceptors (Lipinski definition) is 3. The molecule has 0 saturated carbocycles. The number of nitrogens with zero attached hydrogens (tertiary/aromatic N) is 2. The number of halogens is 1. The molecule has 0 radical (unpaired) electrons. The molecule has 1 N–H and O–H groups in total. The van der Waals surface area contributed by atoms with E-state index in [1.54, 1.807) is 10.8 Å². The fourth-order valence-electron chi connectivity index (χ4n) is 1.77. The van der Waals surface area contributed by atoms with E-state index in [1.165, 1.54) is 0 Å². The van der Waals surface area contributed by atoms with Crippen molar-refractivity contribution in [3.63, 3.8) is 0 Å². The number of rotatable bonds is 6. The van der Waals surface area contributed by atoms with E-state index in [-0.39, 0.29) is 5.56 Å². The van der Waals surface area contributed by atoms with Crippen molar-refractivity contribution in [2.75, 3.05) is 6.54 Å². The van der Waals surface area contributed by atoms with Crippen LogP contribution in [0, 0.1) is 6.92 Å². The van der Waals surface area contributed by atoms with Gasteiger partial charge >= 0.3 is 0 Å². The van der Waals surface area contributed by atoms with Crippen molar-refractivity contribution in [1.82, 2.24) is 14.9 Å². The fraction of sp³-hybridized carbons (Fsp3) is 0.667. The smallest absolute Gasteiger partial charge is 0.267 e. The van der Waals surface area contributed by atoms with Crippen LogP contribution in [0.5, 0.6) is 0 Å². The van der Waals surface area contributed by atoms with E-state index < -0.39 is 0 Å². The Morgan fingerprint density at radius 1 is 1.47 bits per heavy atom. The van der Waals surface area contributed by atoms with E-state index in [4.69, 9.17) is 0 Å². The van der Waals surface area contributed by atoms with Crippen molar-refractivity contribution >= 4 is 15.9 Å². The average Bonchev–Trinajstić information content (AvgIpc) is 2.33. The Balaban J connectivity index is 2.64. The normalized spacial score (nSPS) is 11.1. The molecule has 0 spiro atoms. The maximum atomic E-state index is 11.9. The lowest BCUT2D eigenvalue weighted by molar-refractivity contribution is 0.458. The van der Waals surface area contributed by atoms with Crippen LogP contribution < -0.4 is 10.9 Å². The second-order valence-electron chi connectivity index (χ2n) is 4.08. The SMILES string of the molecule is CCC(CC)NCCn1c(C)ncc(Br)c1=O. The van der Waals surface area contributed by atoms with E-state index in [1.807, 2.05) is 6.92 Å². The monoisotopic (exact) mass is 301 g/mol. The molecule has 5 heteroatoms. The molecule has 1 heterocycles. The van der Waals surface area contributed by atoms with Crippen LogP contribution in [-0.2, 0) is 6.54 Å². The molecule has 0 fully saturated rings. The second kappa shape index (κ2) is 6.91. The quantitative estimate of drug-likeness (QED) is 0.875. The Hall–Kier alpha value is -0.680. The maximum Gasteiger partial charge on any atom is 0.267 e. The first-order valence-corrected chi connectivity index (χ1v) is 6.84. The number of nitrogens with one attached hydrogen (secondary N) is 1. The van der Waals surface area contributed by atoms with Crippen LogP contribution in [0.3, 0.4) is 0 Å². The molecule has 0 aromatic carbocycles. The predicted molar refractivity (Wildman–Crippen MR) is 73.3 cm³/mol. The molecular formula is C12H20BrN3O. The average molecular weight is 302 g/mol. The molecule has 0 aliphatic rings. The van der Waals surface area contributed by atoms with E-state index in [0.29, 0.717) is 17.1 Å². The minimum absolute atomic E-state index is 0.0103. The molecule has 0 aliphatic carbocycles. The first-order valence-electron chi connectivity index (χ1n) is 6.05. The zero-order valence-electron chi connectivity index (χ0n) is 10.7. The molecule has 0 bridgehead atoms. The van der Waals surface area contributed by atoms with Crippen LogP contribution in [0.1, 0.15) is 32.5 Å². The lowest BCUT2D eigenvalue weighted by Crippen LogP contribution is -2.34. The number of aryl methyl sites for hydroxylation is 1. The first kappa shape index (κ1) is 14.4. The van der Waals surface area contributed by atoms with Gasteiger partial charge in [0.1, 0.15) is 10.3 Å². The van der Waals surface area contributed by atoms with Gasteiger partial charge in [0.25, 0.3) is 5.56 Å². The van der Waals surface area contributed by atoms with Gasteiger partial charge in [-0.2, -0.15) is 0 Å². The summed E-state index contributed by atoms with van der Waals surface area (Å²) in [5.41, 5.74) is -0.0103. The lowest BCUT2D eigenvalue weighted by atomic mass is 10.2. The highest BCUT2D eigenvalue weighted by Gasteiger charge is 2.06. The van der Waals surface area contributed by atoms with Crippen LogP contribution in [0.25, 0.3) is 0 Å². The third-order valence-corrected chi connectivity index (χ3v) is 3.50. The van der Waals surface area contributed by atoms with Gasteiger partial charge in [-0.1, -0.05) is 13.8 Å². The molecule has 0 unspecified atom stereocenters. The fourth-order valence-corrected chi connectivity index (χ4v) is 2.09. The third kappa shape index (κ3) is 3.92. The summed E-state index contributed by atoms with van der Waals surface area (Å²) < 4.78 is 2.21. The molecule has 1 aromatic heterocycles. The minimum Gasteiger partial charge on any atom is -0.312 e. The molecule has 0 saturated heterocycles. The van der Waals surface area contributed by atoms with Crippen molar-refractivity contribution in [2.45, 2.75) is 46.2 Å². The summed E-state index contributed by atoms with van der Waals surface area (Å²) in [5, 5.41) is 3.44. The van der Waals surface area contributed by atoms with Gasteiger partial charge in [-0.05, 0) is 35.7 Å². The van der Waals surface area contributed by atoms with Gasteiger partial charge in [-0.15, -0.1) is 0 Å². The van der Waals surface area contributed by atoms with Crippen molar-refractivity contribution in [1.29, 1.82) is 0 Å². The summed E-state index contributed by atoms with van der Waals surface area (Å²) in [6.45, 7) is 7.64. The molecule has 96 valence electrons. The van der Waals surface area contributed by atoms with Crippen LogP contribution >= 0.6 is 15.9 Å². The van der Waals surface area contributed by atoms with E-state index in [9.17, 15) is 4.79 Å². The van der Waals surface area contributed by atoms with Gasteiger partial charge in [0.2, 0.25) is 0 Å². The van der Waals surface area contributed by atoms with Gasteiger partial charge in [-0.25, -0.2) is 4.98 Å². The lowest BCUT2D eigenvalue weighted by Gasteiger charge is -2.16. The Morgan fingerprint density at radius 2 is 2.12 bits per heavy atom. The van der Waals surface area contributed by atoms with E-state index >= 15 is 0 Å². The van der Waals surface area contributed by atoms with Crippen LogP contribution in [0.4, 0.5) is 0 Å². The van der Waals surface area contributed by atoms with Crippen molar-refractivity contribution in [2.24, 2.45) is 0 Å². The maximum absolute atomic E-state index is 11.9. The van der Waals surface area contributed by atoms with Crippen LogP contribution in [-0.4, -0.2) is 22.1 Å². The van der Waals surface area contributed by atoms with Crippen LogP contribution in [0.2, 0.25) is 0 Å². The van der Waals surface area contributed by atoms with Gasteiger partial charge in [0.15, 0.2) is 0 Å². The molecule has 0 amide bonds. The zero-order chi connectivity index (χ0) is 12.8. The minimum atomic E-state index is -0.0103. The summed E-state index contributed by atoms with van der Waals surface area (Å²) in [6.07, 6.45) is 3.78. The highest BCUT2D eigenvalue weighted by Crippen LogP contribution is 2.01. The molecule has 0 aliphatic heterocycles. The predicted octanol–water partition coefficient (Wildman–Crippen LogP) is 2.09. The number of aromatic nitrogens is 2. The highest BCUT2D eigenvalue weighted by atomic mass is 79.9. The Kier molecular flexibility index (Phi) is 5.85. The van der Waals surface area contributed by atoms with Gasteiger partial charge < -0.3 is 5.32 Å². The first-order chi connectivity index (χ1) is 8.10. The van der Waals surface area contributed by atoms with Crippen LogP contribution in [0.15, 0.2) is 15.5 Å². The zero-order valence-corrected chi connectivity index (χ0v) is 12.2. The summed E-state index contributed by atoms with van der Waals surface area (Å²) in [5.74, 6) is 0.754. The molecule has 1 rings (SSSR count). The molecule has 0 atom stereocenters. The summed E-state index contributed by atoms with van der Waals surface area (Å²) in [7, 11) is 0. The van der Waals surface area contributed by atoms with Gasteiger partial charge in [0.05, 0.1) is 0 Å². The third-order valence-electron chi connectivity index (χ3n) is 2.96. The topological polar surface area (TPSA) is 46.9 Å². The van der Waals surface area contributed by atoms with E-state index in [2.05, 4.69) is 40.1 Å². The van der Waals surface area contributed by atoms with Crippen molar-refractivity contribution in [3.05, 3.63) is 26.8 Å². The molecule has 17 heavy (non-hydrogen) atoms. The largest absolute Gasteiger partial charge is 0.312 e. The summed E-state index contributed by atoms with van der Waals surface area (Å²) in [6, 6.07) is 0.533. The molecule has 1 aromatic rings. The van der Waals surface area contributed by atoms with Gasteiger partial charge in [0, 0.05) is 25.3 Å². The van der Waals surface area contributed by atoms with Gasteiger partial charge in [-0.3, -0.25) is 9.36 Å². The van der Waals surface area contributed by atoms with Crippen molar-refractivity contribution < 1.29 is 0 Å². The summed E-state index contributed by atoms with van der Waals surface area (Å²) in [4.78, 5) is 16.0. The number of hydrogen-bond donors (Lipinski definition) is 1. The Labute approximate surface area is 111 Å². The Bertz CT molecular complexity index is 413. The standard InChI is InChI=1S/C12H20BrN3O/c1-4-10(5-2)14-6-7-16-9(3)15-8-11(13)12(16)17/h8,10,14H,4-7H2,1-3H3.